The summed E-state index contributed by atoms with van der Waals surface area (Å²) in [6, 6.07) is 0. The second-order valence-corrected chi connectivity index (χ2v) is 4.47. The standard InChI is InChI=1S/C11H17N3O/c1-3-14-7-8(6-13-14)10(15)11(2,12)9-4-5-9/h6-7,9H,3-5,12H2,1-2H3. The quantitative estimate of drug-likeness (QED) is 0.755. The topological polar surface area (TPSA) is 60.9 Å². The number of hydrogen-bond acceptors (Lipinski definition) is 3. The number of carbonyl (C=O) groups excluding carboxylic acids is 1. The average Bonchev–Trinajstić information content (AvgIpc) is 2.96. The molecule has 0 saturated heterocycles. The van der Waals surface area contributed by atoms with Crippen molar-refractivity contribution in [2.45, 2.75) is 38.8 Å². The maximum absolute atomic E-state index is 12.1. The number of nitrogens with zero attached hydrogens (tertiary/aromatic N) is 2. The Labute approximate surface area is 89.5 Å². The number of carbonyl (C=O) groups is 1. The molecule has 1 aliphatic carbocycles. The minimum Gasteiger partial charge on any atom is -0.319 e. The van der Waals surface area contributed by atoms with Gasteiger partial charge in [0.2, 0.25) is 0 Å². The van der Waals surface area contributed by atoms with Crippen LogP contribution in [0.2, 0.25) is 0 Å². The second-order valence-electron chi connectivity index (χ2n) is 4.47. The number of ketones is 1. The van der Waals surface area contributed by atoms with Gasteiger partial charge in [-0.1, -0.05) is 0 Å². The zero-order valence-corrected chi connectivity index (χ0v) is 9.23. The summed E-state index contributed by atoms with van der Waals surface area (Å²) in [6.45, 7) is 4.60. The molecule has 0 bridgehead atoms. The van der Waals surface area contributed by atoms with Gasteiger partial charge in [-0.15, -0.1) is 0 Å². The molecule has 4 heteroatoms. The first-order valence-corrected chi connectivity index (χ1v) is 5.42. The minimum absolute atomic E-state index is 0.0182. The molecule has 0 spiro atoms. The van der Waals surface area contributed by atoms with Crippen LogP contribution >= 0.6 is 0 Å². The lowest BCUT2D eigenvalue weighted by Gasteiger charge is -2.21. The molecular weight excluding hydrogens is 190 g/mol. The molecule has 0 aliphatic heterocycles. The van der Waals surface area contributed by atoms with E-state index in [0.29, 0.717) is 11.5 Å². The van der Waals surface area contributed by atoms with Crippen molar-refractivity contribution in [3.63, 3.8) is 0 Å². The number of nitrogens with two attached hydrogens (primary N) is 1. The van der Waals surface area contributed by atoms with Gasteiger partial charge in [0.25, 0.3) is 0 Å². The average molecular weight is 207 g/mol. The SMILES string of the molecule is CCn1cc(C(=O)C(C)(N)C2CC2)cn1. The van der Waals surface area contributed by atoms with Gasteiger partial charge < -0.3 is 5.73 Å². The minimum atomic E-state index is -0.707. The Bertz CT molecular complexity index is 377. The van der Waals surface area contributed by atoms with Gasteiger partial charge >= 0.3 is 0 Å². The van der Waals surface area contributed by atoms with Crippen molar-refractivity contribution in [2.75, 3.05) is 0 Å². The molecule has 1 heterocycles. The van der Waals surface area contributed by atoms with E-state index in [1.165, 1.54) is 0 Å². The molecule has 1 fully saturated rings. The highest BCUT2D eigenvalue weighted by Crippen LogP contribution is 2.39. The van der Waals surface area contributed by atoms with Crippen molar-refractivity contribution in [1.82, 2.24) is 9.78 Å². The van der Waals surface area contributed by atoms with Crippen molar-refractivity contribution in [2.24, 2.45) is 11.7 Å². The fourth-order valence-electron chi connectivity index (χ4n) is 1.83. The van der Waals surface area contributed by atoms with Gasteiger partial charge in [-0.2, -0.15) is 5.10 Å². The predicted molar refractivity (Wildman–Crippen MR) is 57.5 cm³/mol. The van der Waals surface area contributed by atoms with Gasteiger partial charge in [-0.3, -0.25) is 9.48 Å². The first-order chi connectivity index (χ1) is 7.05. The third-order valence-electron chi connectivity index (χ3n) is 3.13. The largest absolute Gasteiger partial charge is 0.319 e. The van der Waals surface area contributed by atoms with Crippen molar-refractivity contribution >= 4 is 5.78 Å². The molecule has 2 N–H and O–H groups in total. The molecule has 15 heavy (non-hydrogen) atoms. The van der Waals surface area contributed by atoms with Crippen LogP contribution in [0.1, 0.15) is 37.0 Å². The first kappa shape index (κ1) is 10.4. The zero-order chi connectivity index (χ0) is 11.1. The van der Waals surface area contributed by atoms with Gasteiger partial charge in [0.15, 0.2) is 5.78 Å². The van der Waals surface area contributed by atoms with Gasteiger partial charge in [0.05, 0.1) is 17.3 Å². The lowest BCUT2D eigenvalue weighted by Crippen LogP contribution is -2.47. The van der Waals surface area contributed by atoms with E-state index in [0.717, 1.165) is 19.4 Å². The highest BCUT2D eigenvalue weighted by Gasteiger charge is 2.44. The highest BCUT2D eigenvalue weighted by molar-refractivity contribution is 6.02. The molecule has 1 saturated carbocycles. The van der Waals surface area contributed by atoms with Gasteiger partial charge in [0, 0.05) is 12.7 Å². The van der Waals surface area contributed by atoms with E-state index in [1.807, 2.05) is 13.8 Å². The summed E-state index contributed by atoms with van der Waals surface area (Å²) in [5.74, 6) is 0.375. The monoisotopic (exact) mass is 207 g/mol. The number of aryl methyl sites for hydroxylation is 1. The molecule has 1 aliphatic rings. The molecule has 1 aromatic rings. The Hall–Kier alpha value is -1.16. The molecule has 82 valence electrons. The van der Waals surface area contributed by atoms with Crippen LogP contribution < -0.4 is 5.73 Å². The van der Waals surface area contributed by atoms with Crippen LogP contribution in [0.25, 0.3) is 0 Å². The molecule has 1 atom stereocenters. The van der Waals surface area contributed by atoms with E-state index in [-0.39, 0.29) is 5.78 Å². The van der Waals surface area contributed by atoms with Crippen molar-refractivity contribution in [3.8, 4) is 0 Å². The lowest BCUT2D eigenvalue weighted by molar-refractivity contribution is 0.0883. The van der Waals surface area contributed by atoms with Crippen LogP contribution in [-0.4, -0.2) is 21.1 Å². The Balaban J connectivity index is 2.19. The number of rotatable bonds is 4. The second kappa shape index (κ2) is 3.45. The Morgan fingerprint density at radius 2 is 2.40 bits per heavy atom. The van der Waals surface area contributed by atoms with Crippen molar-refractivity contribution in [1.29, 1.82) is 0 Å². The molecule has 1 aromatic heterocycles. The third-order valence-corrected chi connectivity index (χ3v) is 3.13. The van der Waals surface area contributed by atoms with E-state index in [9.17, 15) is 4.79 Å². The summed E-state index contributed by atoms with van der Waals surface area (Å²) in [6.07, 6.45) is 5.52. The van der Waals surface area contributed by atoms with E-state index >= 15 is 0 Å². The summed E-state index contributed by atoms with van der Waals surface area (Å²) in [7, 11) is 0. The molecule has 0 aromatic carbocycles. The molecule has 2 rings (SSSR count). The molecular formula is C11H17N3O. The van der Waals surface area contributed by atoms with E-state index < -0.39 is 5.54 Å². The molecule has 0 radical (unpaired) electrons. The maximum atomic E-state index is 12.1. The van der Waals surface area contributed by atoms with Crippen LogP contribution in [-0.2, 0) is 6.54 Å². The predicted octanol–water partition coefficient (Wildman–Crippen LogP) is 1.21. The first-order valence-electron chi connectivity index (χ1n) is 5.42. The Morgan fingerprint density at radius 1 is 1.73 bits per heavy atom. The Morgan fingerprint density at radius 3 is 2.87 bits per heavy atom. The van der Waals surface area contributed by atoms with Crippen LogP contribution in [0, 0.1) is 5.92 Å². The van der Waals surface area contributed by atoms with E-state index in [1.54, 1.807) is 17.1 Å². The molecule has 0 amide bonds. The van der Waals surface area contributed by atoms with Crippen molar-refractivity contribution in [3.05, 3.63) is 18.0 Å². The summed E-state index contributed by atoms with van der Waals surface area (Å²) in [4.78, 5) is 12.1. The van der Waals surface area contributed by atoms with Crippen LogP contribution in [0.3, 0.4) is 0 Å². The summed E-state index contributed by atoms with van der Waals surface area (Å²) in [5, 5.41) is 4.09. The zero-order valence-electron chi connectivity index (χ0n) is 9.23. The van der Waals surface area contributed by atoms with Crippen LogP contribution in [0.15, 0.2) is 12.4 Å². The fourth-order valence-corrected chi connectivity index (χ4v) is 1.83. The van der Waals surface area contributed by atoms with Gasteiger partial charge in [-0.05, 0) is 32.6 Å². The molecule has 1 unspecified atom stereocenters. The van der Waals surface area contributed by atoms with Gasteiger partial charge in [-0.25, -0.2) is 0 Å². The van der Waals surface area contributed by atoms with Gasteiger partial charge in [0.1, 0.15) is 0 Å². The maximum Gasteiger partial charge on any atom is 0.185 e. The highest BCUT2D eigenvalue weighted by atomic mass is 16.1. The van der Waals surface area contributed by atoms with Crippen molar-refractivity contribution < 1.29 is 4.79 Å². The number of aromatic nitrogens is 2. The number of hydrogen-bond donors (Lipinski definition) is 1. The lowest BCUT2D eigenvalue weighted by atomic mass is 9.89. The smallest absolute Gasteiger partial charge is 0.185 e. The molecule has 4 nitrogen and oxygen atoms in total. The Kier molecular flexibility index (Phi) is 2.38. The van der Waals surface area contributed by atoms with E-state index in [2.05, 4.69) is 5.10 Å². The van der Waals surface area contributed by atoms with Crippen LogP contribution in [0.4, 0.5) is 0 Å². The summed E-state index contributed by atoms with van der Waals surface area (Å²) >= 11 is 0. The fraction of sp³-hybridized carbons (Fsp3) is 0.636. The summed E-state index contributed by atoms with van der Waals surface area (Å²) < 4.78 is 1.75. The third kappa shape index (κ3) is 1.81. The number of Topliss-reactive ketones (excluding diaryl/α,β-unsaturated/α-hetero) is 1. The normalized spacial score (nSPS) is 19.9. The van der Waals surface area contributed by atoms with E-state index in [4.69, 9.17) is 5.73 Å². The summed E-state index contributed by atoms with van der Waals surface area (Å²) in [5.41, 5.74) is 5.99. The van der Waals surface area contributed by atoms with Crippen LogP contribution in [0.5, 0.6) is 0 Å².